The van der Waals surface area contributed by atoms with E-state index in [1.807, 2.05) is 17.5 Å². The number of nitrogens with one attached hydrogen (secondary N) is 2. The van der Waals surface area contributed by atoms with E-state index in [9.17, 15) is 9.59 Å². The summed E-state index contributed by atoms with van der Waals surface area (Å²) in [6.07, 6.45) is 3.26. The van der Waals surface area contributed by atoms with Crippen molar-refractivity contribution in [3.8, 4) is 5.40 Å². The van der Waals surface area contributed by atoms with E-state index in [0.29, 0.717) is 11.4 Å². The molecular formula is C19H19N3O2S. The van der Waals surface area contributed by atoms with Crippen LogP contribution in [0.15, 0.2) is 53.4 Å². The van der Waals surface area contributed by atoms with Crippen LogP contribution >= 0.6 is 11.8 Å². The lowest BCUT2D eigenvalue weighted by Gasteiger charge is -2.08. The molecule has 2 rings (SSSR count). The molecule has 0 saturated carbocycles. The highest BCUT2D eigenvalue weighted by atomic mass is 32.2. The molecule has 0 aliphatic heterocycles. The van der Waals surface area contributed by atoms with Gasteiger partial charge in [0, 0.05) is 16.3 Å². The molecule has 2 aromatic rings. The van der Waals surface area contributed by atoms with E-state index in [-0.39, 0.29) is 0 Å². The van der Waals surface area contributed by atoms with E-state index in [4.69, 9.17) is 5.26 Å². The quantitative estimate of drug-likeness (QED) is 0.464. The molecule has 0 bridgehead atoms. The first-order valence-electron chi connectivity index (χ1n) is 7.99. The fourth-order valence-electron chi connectivity index (χ4n) is 2.17. The third-order valence-electron chi connectivity index (χ3n) is 3.51. The molecule has 0 aliphatic rings. The number of hydrogen-bond acceptors (Lipinski definition) is 4. The topological polar surface area (TPSA) is 82.0 Å². The summed E-state index contributed by atoms with van der Waals surface area (Å²) in [4.78, 5) is 24.7. The first-order chi connectivity index (χ1) is 12.1. The molecular weight excluding hydrogens is 334 g/mol. The van der Waals surface area contributed by atoms with Crippen LogP contribution in [0.1, 0.15) is 25.3 Å². The molecule has 0 spiro atoms. The van der Waals surface area contributed by atoms with Gasteiger partial charge in [0.1, 0.15) is 5.40 Å². The predicted molar refractivity (Wildman–Crippen MR) is 100 cm³/mol. The van der Waals surface area contributed by atoms with E-state index in [2.05, 4.69) is 17.6 Å². The van der Waals surface area contributed by atoms with Crippen LogP contribution in [0.2, 0.25) is 0 Å². The summed E-state index contributed by atoms with van der Waals surface area (Å²) in [6.45, 7) is 2.14. The van der Waals surface area contributed by atoms with Gasteiger partial charge in [0.15, 0.2) is 0 Å². The van der Waals surface area contributed by atoms with Crippen molar-refractivity contribution in [1.29, 1.82) is 5.26 Å². The van der Waals surface area contributed by atoms with Gasteiger partial charge in [-0.3, -0.25) is 9.59 Å². The lowest BCUT2D eigenvalue weighted by atomic mass is 10.1. The summed E-state index contributed by atoms with van der Waals surface area (Å²) in [6, 6.07) is 14.2. The molecule has 6 heteroatoms. The SMILES string of the molecule is CCCCc1ccc(NC(=O)C(=O)Nc2ccc(SC#N)cc2)cc1. The highest BCUT2D eigenvalue weighted by molar-refractivity contribution is 8.03. The Bertz CT molecular complexity index is 765. The molecule has 0 aromatic heterocycles. The lowest BCUT2D eigenvalue weighted by Crippen LogP contribution is -2.29. The molecule has 5 nitrogen and oxygen atoms in total. The maximum absolute atomic E-state index is 12.0. The van der Waals surface area contributed by atoms with Crippen LogP contribution in [0.5, 0.6) is 0 Å². The number of carbonyl (C=O) groups is 2. The van der Waals surface area contributed by atoms with Crippen molar-refractivity contribution in [2.75, 3.05) is 10.6 Å². The average molecular weight is 353 g/mol. The normalized spacial score (nSPS) is 9.92. The molecule has 0 unspecified atom stereocenters. The minimum absolute atomic E-state index is 0.498. The summed E-state index contributed by atoms with van der Waals surface area (Å²) in [5.41, 5.74) is 2.29. The van der Waals surface area contributed by atoms with Crippen molar-refractivity contribution >= 4 is 35.0 Å². The Balaban J connectivity index is 1.89. The largest absolute Gasteiger partial charge is 0.318 e. The fraction of sp³-hybridized carbons (Fsp3) is 0.211. The van der Waals surface area contributed by atoms with Crippen molar-refractivity contribution < 1.29 is 9.59 Å². The van der Waals surface area contributed by atoms with Gasteiger partial charge in [-0.15, -0.1) is 0 Å². The second-order valence-electron chi connectivity index (χ2n) is 5.43. The number of hydrogen-bond donors (Lipinski definition) is 2. The van der Waals surface area contributed by atoms with Crippen molar-refractivity contribution in [2.24, 2.45) is 0 Å². The minimum Gasteiger partial charge on any atom is -0.318 e. The summed E-state index contributed by atoms with van der Waals surface area (Å²) in [5, 5.41) is 15.7. The van der Waals surface area contributed by atoms with Gasteiger partial charge in [0.25, 0.3) is 0 Å². The molecule has 0 radical (unpaired) electrons. The van der Waals surface area contributed by atoms with Crippen LogP contribution in [-0.4, -0.2) is 11.8 Å². The van der Waals surface area contributed by atoms with Crippen LogP contribution in [-0.2, 0) is 16.0 Å². The molecule has 0 saturated heterocycles. The molecule has 128 valence electrons. The number of thiocyanates is 1. The first-order valence-corrected chi connectivity index (χ1v) is 8.81. The summed E-state index contributed by atoms with van der Waals surface area (Å²) >= 11 is 1.03. The van der Waals surface area contributed by atoms with Gasteiger partial charge in [-0.1, -0.05) is 25.5 Å². The van der Waals surface area contributed by atoms with E-state index in [1.165, 1.54) is 5.56 Å². The van der Waals surface area contributed by atoms with E-state index >= 15 is 0 Å². The smallest absolute Gasteiger partial charge is 0.314 e. The molecule has 0 heterocycles. The molecule has 0 atom stereocenters. The number of nitrogens with zero attached hydrogens (tertiary/aromatic N) is 1. The van der Waals surface area contributed by atoms with Gasteiger partial charge in [-0.2, -0.15) is 5.26 Å². The number of carbonyl (C=O) groups excluding carboxylic acids is 2. The highest BCUT2D eigenvalue weighted by Gasteiger charge is 2.14. The van der Waals surface area contributed by atoms with Crippen LogP contribution in [0.3, 0.4) is 0 Å². The number of aryl methyl sites for hydroxylation is 1. The monoisotopic (exact) mass is 353 g/mol. The Kier molecular flexibility index (Phi) is 7.05. The molecule has 2 N–H and O–H groups in total. The Hall–Kier alpha value is -2.78. The fourth-order valence-corrected chi connectivity index (χ4v) is 2.55. The lowest BCUT2D eigenvalue weighted by molar-refractivity contribution is -0.132. The minimum atomic E-state index is -0.740. The van der Waals surface area contributed by atoms with Crippen molar-refractivity contribution in [3.63, 3.8) is 0 Å². The van der Waals surface area contributed by atoms with Gasteiger partial charge in [0.2, 0.25) is 0 Å². The maximum Gasteiger partial charge on any atom is 0.314 e. The second kappa shape index (κ2) is 9.50. The Morgan fingerprint density at radius 3 is 1.96 bits per heavy atom. The summed E-state index contributed by atoms with van der Waals surface area (Å²) in [5.74, 6) is -1.47. The highest BCUT2D eigenvalue weighted by Crippen LogP contribution is 2.19. The molecule has 2 aromatic carbocycles. The van der Waals surface area contributed by atoms with Gasteiger partial charge in [-0.25, -0.2) is 0 Å². The maximum atomic E-state index is 12.0. The Morgan fingerprint density at radius 1 is 0.960 bits per heavy atom. The van der Waals surface area contributed by atoms with Gasteiger partial charge in [-0.05, 0) is 66.6 Å². The molecule has 2 amide bonds. The number of nitriles is 1. The van der Waals surface area contributed by atoms with E-state index in [0.717, 1.165) is 35.9 Å². The third kappa shape index (κ3) is 5.98. The van der Waals surface area contributed by atoms with Crippen LogP contribution in [0.25, 0.3) is 0 Å². The van der Waals surface area contributed by atoms with Crippen LogP contribution < -0.4 is 10.6 Å². The zero-order valence-electron chi connectivity index (χ0n) is 13.9. The Morgan fingerprint density at radius 2 is 1.48 bits per heavy atom. The number of anilines is 2. The van der Waals surface area contributed by atoms with Crippen LogP contribution in [0.4, 0.5) is 11.4 Å². The van der Waals surface area contributed by atoms with Crippen molar-refractivity contribution in [2.45, 2.75) is 31.1 Å². The zero-order chi connectivity index (χ0) is 18.1. The van der Waals surface area contributed by atoms with Crippen molar-refractivity contribution in [1.82, 2.24) is 0 Å². The number of rotatable bonds is 6. The van der Waals surface area contributed by atoms with Gasteiger partial charge in [0.05, 0.1) is 0 Å². The zero-order valence-corrected chi connectivity index (χ0v) is 14.7. The van der Waals surface area contributed by atoms with E-state index in [1.54, 1.807) is 36.4 Å². The first kappa shape index (κ1) is 18.6. The molecule has 0 aliphatic carbocycles. The number of amides is 2. The van der Waals surface area contributed by atoms with Crippen LogP contribution in [0, 0.1) is 10.7 Å². The standard InChI is InChI=1S/C19H19N3O2S/c1-2-3-4-14-5-7-15(8-6-14)21-18(23)19(24)22-16-9-11-17(12-10-16)25-13-20/h5-12H,2-4H2,1H3,(H,21,23)(H,22,24). The number of unbranched alkanes of at least 4 members (excludes halogenated alkanes) is 1. The number of thioether (sulfide) groups is 1. The average Bonchev–Trinajstić information content (AvgIpc) is 2.63. The van der Waals surface area contributed by atoms with E-state index < -0.39 is 11.8 Å². The van der Waals surface area contributed by atoms with Gasteiger partial charge >= 0.3 is 11.8 Å². The third-order valence-corrected chi connectivity index (χ3v) is 4.11. The number of benzene rings is 2. The molecule has 0 fully saturated rings. The predicted octanol–water partition coefficient (Wildman–Crippen LogP) is 4.18. The molecule has 25 heavy (non-hydrogen) atoms. The van der Waals surface area contributed by atoms with Crippen molar-refractivity contribution in [3.05, 3.63) is 54.1 Å². The van der Waals surface area contributed by atoms with Gasteiger partial charge < -0.3 is 10.6 Å². The summed E-state index contributed by atoms with van der Waals surface area (Å²) < 4.78 is 0. The second-order valence-corrected chi connectivity index (χ2v) is 6.28. The summed E-state index contributed by atoms with van der Waals surface area (Å²) in [7, 11) is 0. The Labute approximate surface area is 151 Å².